The molecule has 7 heteroatoms. The second-order valence-electron chi connectivity index (χ2n) is 6.65. The number of anilines is 1. The maximum absolute atomic E-state index is 13.9. The number of hydrogen-bond donors (Lipinski definition) is 0. The van der Waals surface area contributed by atoms with Crippen LogP contribution in [0.2, 0.25) is 0 Å². The first-order valence-electron chi connectivity index (χ1n) is 8.86. The molecule has 3 aromatic rings. The van der Waals surface area contributed by atoms with E-state index in [1.807, 2.05) is 17.0 Å². The summed E-state index contributed by atoms with van der Waals surface area (Å²) in [6.45, 7) is 3.47. The minimum Gasteiger partial charge on any atom is -0.363 e. The number of nitro benzene ring substituents is 1. The van der Waals surface area contributed by atoms with Gasteiger partial charge >= 0.3 is 0 Å². The monoisotopic (exact) mass is 366 g/mol. The van der Waals surface area contributed by atoms with Gasteiger partial charge < -0.3 is 4.90 Å². The molecule has 1 fully saturated rings. The van der Waals surface area contributed by atoms with Gasteiger partial charge in [-0.25, -0.2) is 4.39 Å². The normalized spacial score (nSPS) is 15.2. The Morgan fingerprint density at radius 1 is 1.07 bits per heavy atom. The molecule has 2 aromatic carbocycles. The van der Waals surface area contributed by atoms with Crippen molar-refractivity contribution in [3.8, 4) is 0 Å². The maximum atomic E-state index is 13.9. The molecule has 0 atom stereocenters. The largest absolute Gasteiger partial charge is 0.363 e. The number of para-hydroxylation sites is 2. The van der Waals surface area contributed by atoms with Gasteiger partial charge in [-0.15, -0.1) is 0 Å². The molecule has 0 spiro atoms. The van der Waals surface area contributed by atoms with E-state index in [0.29, 0.717) is 25.3 Å². The Balaban J connectivity index is 1.49. The smallest absolute Gasteiger partial charge is 0.292 e. The van der Waals surface area contributed by atoms with Gasteiger partial charge in [0.2, 0.25) is 0 Å². The van der Waals surface area contributed by atoms with Crippen molar-refractivity contribution >= 4 is 22.3 Å². The SMILES string of the molecule is O=[N+]([O-])c1ccccc1N1CCN(Cc2cc(F)cc3cccnc23)CC1. The zero-order valence-corrected chi connectivity index (χ0v) is 14.7. The summed E-state index contributed by atoms with van der Waals surface area (Å²) in [7, 11) is 0. The second-order valence-corrected chi connectivity index (χ2v) is 6.65. The Morgan fingerprint density at radius 2 is 1.85 bits per heavy atom. The van der Waals surface area contributed by atoms with E-state index in [-0.39, 0.29) is 16.4 Å². The van der Waals surface area contributed by atoms with Crippen LogP contribution < -0.4 is 4.90 Å². The third-order valence-electron chi connectivity index (χ3n) is 4.93. The van der Waals surface area contributed by atoms with Crippen molar-refractivity contribution in [2.24, 2.45) is 0 Å². The Bertz CT molecular complexity index is 987. The molecule has 4 rings (SSSR count). The van der Waals surface area contributed by atoms with Crippen molar-refractivity contribution in [1.82, 2.24) is 9.88 Å². The zero-order chi connectivity index (χ0) is 18.8. The van der Waals surface area contributed by atoms with Crippen molar-refractivity contribution in [2.45, 2.75) is 6.54 Å². The number of nitro groups is 1. The summed E-state index contributed by atoms with van der Waals surface area (Å²) in [5.74, 6) is -0.260. The van der Waals surface area contributed by atoms with Crippen molar-refractivity contribution in [3.63, 3.8) is 0 Å². The molecule has 1 aliphatic rings. The molecule has 1 aliphatic heterocycles. The van der Waals surface area contributed by atoms with Crippen molar-refractivity contribution in [2.75, 3.05) is 31.1 Å². The minimum absolute atomic E-state index is 0.131. The molecule has 2 heterocycles. The molecular formula is C20H19FN4O2. The fourth-order valence-electron chi connectivity index (χ4n) is 3.62. The van der Waals surface area contributed by atoms with Crippen molar-refractivity contribution < 1.29 is 9.31 Å². The summed E-state index contributed by atoms with van der Waals surface area (Å²) in [5.41, 5.74) is 2.47. The Morgan fingerprint density at radius 3 is 2.63 bits per heavy atom. The van der Waals surface area contributed by atoms with E-state index in [0.717, 1.165) is 29.6 Å². The van der Waals surface area contributed by atoms with Crippen molar-refractivity contribution in [3.05, 3.63) is 76.2 Å². The molecule has 0 amide bonds. The number of piperazine rings is 1. The van der Waals surface area contributed by atoms with E-state index in [4.69, 9.17) is 0 Å². The van der Waals surface area contributed by atoms with Crippen LogP contribution in [0.25, 0.3) is 10.9 Å². The van der Waals surface area contributed by atoms with Gasteiger partial charge in [-0.2, -0.15) is 0 Å². The van der Waals surface area contributed by atoms with E-state index in [1.165, 1.54) is 12.1 Å². The molecular weight excluding hydrogens is 347 g/mol. The molecule has 0 aliphatic carbocycles. The molecule has 0 bridgehead atoms. The molecule has 27 heavy (non-hydrogen) atoms. The highest BCUT2D eigenvalue weighted by Crippen LogP contribution is 2.29. The Labute approximate surface area is 156 Å². The van der Waals surface area contributed by atoms with Crippen LogP contribution in [0.3, 0.4) is 0 Å². The lowest BCUT2D eigenvalue weighted by Gasteiger charge is -2.35. The number of halogens is 1. The number of pyridine rings is 1. The maximum Gasteiger partial charge on any atom is 0.292 e. The van der Waals surface area contributed by atoms with Gasteiger partial charge in [0.1, 0.15) is 11.5 Å². The van der Waals surface area contributed by atoms with Gasteiger partial charge in [-0.05, 0) is 29.8 Å². The van der Waals surface area contributed by atoms with E-state index in [1.54, 1.807) is 30.5 Å². The molecule has 0 saturated carbocycles. The fraction of sp³-hybridized carbons (Fsp3) is 0.250. The van der Waals surface area contributed by atoms with Crippen LogP contribution in [-0.4, -0.2) is 41.0 Å². The standard InChI is InChI=1S/C20H19FN4O2/c21-17-12-15-4-3-7-22-20(15)16(13-17)14-23-8-10-24(11-9-23)18-5-1-2-6-19(18)25(26)27/h1-7,12-13H,8-11,14H2. The van der Waals surface area contributed by atoms with E-state index >= 15 is 0 Å². The van der Waals surface area contributed by atoms with Crippen LogP contribution in [0.1, 0.15) is 5.56 Å². The van der Waals surface area contributed by atoms with Gasteiger partial charge in [0.15, 0.2) is 0 Å². The highest BCUT2D eigenvalue weighted by molar-refractivity contribution is 5.81. The summed E-state index contributed by atoms with van der Waals surface area (Å²) in [4.78, 5) is 19.6. The quantitative estimate of drug-likeness (QED) is 0.521. The van der Waals surface area contributed by atoms with Crippen LogP contribution in [-0.2, 0) is 6.54 Å². The van der Waals surface area contributed by atoms with Crippen LogP contribution in [0.4, 0.5) is 15.8 Å². The summed E-state index contributed by atoms with van der Waals surface area (Å²) in [6, 6.07) is 13.5. The van der Waals surface area contributed by atoms with Crippen LogP contribution in [0.15, 0.2) is 54.7 Å². The third-order valence-corrected chi connectivity index (χ3v) is 4.93. The van der Waals surface area contributed by atoms with Gasteiger partial charge in [-0.1, -0.05) is 18.2 Å². The highest BCUT2D eigenvalue weighted by atomic mass is 19.1. The Hall–Kier alpha value is -3.06. The van der Waals surface area contributed by atoms with E-state index < -0.39 is 0 Å². The number of benzene rings is 2. The number of aromatic nitrogens is 1. The first kappa shape index (κ1) is 17.4. The topological polar surface area (TPSA) is 62.5 Å². The van der Waals surface area contributed by atoms with Gasteiger partial charge in [0.05, 0.1) is 10.4 Å². The average molecular weight is 366 g/mol. The number of fused-ring (bicyclic) bond motifs is 1. The van der Waals surface area contributed by atoms with Gasteiger partial charge in [-0.3, -0.25) is 20.0 Å². The first-order valence-corrected chi connectivity index (χ1v) is 8.86. The Kier molecular flexibility index (Phi) is 4.68. The van der Waals surface area contributed by atoms with Crippen LogP contribution >= 0.6 is 0 Å². The van der Waals surface area contributed by atoms with Gasteiger partial charge in [0, 0.05) is 50.4 Å². The first-order chi connectivity index (χ1) is 13.1. The lowest BCUT2D eigenvalue weighted by molar-refractivity contribution is -0.384. The summed E-state index contributed by atoms with van der Waals surface area (Å²) in [5, 5.41) is 12.0. The van der Waals surface area contributed by atoms with E-state index in [2.05, 4.69) is 9.88 Å². The summed E-state index contributed by atoms with van der Waals surface area (Å²) in [6.07, 6.45) is 1.72. The molecule has 0 N–H and O–H groups in total. The zero-order valence-electron chi connectivity index (χ0n) is 14.7. The minimum atomic E-state index is -0.341. The molecule has 0 unspecified atom stereocenters. The number of hydrogen-bond acceptors (Lipinski definition) is 5. The third kappa shape index (κ3) is 3.59. The fourth-order valence-corrected chi connectivity index (χ4v) is 3.62. The predicted molar refractivity (Wildman–Crippen MR) is 102 cm³/mol. The summed E-state index contributed by atoms with van der Waals surface area (Å²) < 4.78 is 13.9. The second kappa shape index (κ2) is 7.28. The van der Waals surface area contributed by atoms with Crippen LogP contribution in [0.5, 0.6) is 0 Å². The predicted octanol–water partition coefficient (Wildman–Crippen LogP) is 3.60. The molecule has 6 nitrogen and oxygen atoms in total. The van der Waals surface area contributed by atoms with Crippen LogP contribution in [0, 0.1) is 15.9 Å². The average Bonchev–Trinajstić information content (AvgIpc) is 2.68. The molecule has 1 aromatic heterocycles. The number of nitrogens with zero attached hydrogens (tertiary/aromatic N) is 4. The van der Waals surface area contributed by atoms with E-state index in [9.17, 15) is 14.5 Å². The highest BCUT2D eigenvalue weighted by Gasteiger charge is 2.23. The molecule has 138 valence electrons. The lowest BCUT2D eigenvalue weighted by atomic mass is 10.1. The van der Waals surface area contributed by atoms with Gasteiger partial charge in [0.25, 0.3) is 5.69 Å². The summed E-state index contributed by atoms with van der Waals surface area (Å²) >= 11 is 0. The number of rotatable bonds is 4. The molecule has 0 radical (unpaired) electrons. The molecule has 1 saturated heterocycles. The lowest BCUT2D eigenvalue weighted by Crippen LogP contribution is -2.46. The van der Waals surface area contributed by atoms with Crippen molar-refractivity contribution in [1.29, 1.82) is 0 Å².